The summed E-state index contributed by atoms with van der Waals surface area (Å²) in [7, 11) is 0. The number of hydrogen-bond donors (Lipinski definition) is 1. The standard InChI is InChI=1S/C11H11ClN4/c12-11-5-3-10(4-6-11)2-1-7-15-16-8-13-14-9-16/h1-6,8-9,15H,7H2/b2-1+. The molecular formula is C11H11ClN4. The molecule has 0 radical (unpaired) electrons. The predicted octanol–water partition coefficient (Wildman–Crippen LogP) is 2.19. The van der Waals surface area contributed by atoms with Gasteiger partial charge in [-0.05, 0) is 17.7 Å². The Labute approximate surface area is 98.5 Å². The van der Waals surface area contributed by atoms with Gasteiger partial charge in [-0.1, -0.05) is 35.9 Å². The van der Waals surface area contributed by atoms with Crippen LogP contribution in [0.25, 0.3) is 6.08 Å². The summed E-state index contributed by atoms with van der Waals surface area (Å²) in [5.41, 5.74) is 4.21. The maximum atomic E-state index is 5.79. The van der Waals surface area contributed by atoms with Crippen molar-refractivity contribution in [2.45, 2.75) is 0 Å². The minimum absolute atomic E-state index is 0.709. The largest absolute Gasteiger partial charge is 0.320 e. The molecule has 0 amide bonds. The molecule has 0 saturated heterocycles. The van der Waals surface area contributed by atoms with Crippen LogP contribution in [0.2, 0.25) is 5.02 Å². The monoisotopic (exact) mass is 234 g/mol. The van der Waals surface area contributed by atoms with Gasteiger partial charge in [-0.2, -0.15) is 0 Å². The molecule has 1 aromatic carbocycles. The Morgan fingerprint density at radius 3 is 2.56 bits per heavy atom. The van der Waals surface area contributed by atoms with E-state index < -0.39 is 0 Å². The van der Waals surface area contributed by atoms with Gasteiger partial charge in [0, 0.05) is 11.6 Å². The number of halogens is 1. The summed E-state index contributed by atoms with van der Waals surface area (Å²) in [6.07, 6.45) is 7.25. The third-order valence-electron chi connectivity index (χ3n) is 1.99. The van der Waals surface area contributed by atoms with Crippen molar-refractivity contribution in [3.8, 4) is 0 Å². The second-order valence-corrected chi connectivity index (χ2v) is 3.62. The van der Waals surface area contributed by atoms with Crippen LogP contribution in [0.4, 0.5) is 0 Å². The summed E-state index contributed by atoms with van der Waals surface area (Å²) >= 11 is 5.79. The maximum Gasteiger partial charge on any atom is 0.138 e. The number of nitrogens with zero attached hydrogens (tertiary/aromatic N) is 3. The van der Waals surface area contributed by atoms with Gasteiger partial charge in [0.05, 0.1) is 0 Å². The van der Waals surface area contributed by atoms with Crippen molar-refractivity contribution < 1.29 is 0 Å². The quantitative estimate of drug-likeness (QED) is 0.882. The molecule has 0 aliphatic heterocycles. The Balaban J connectivity index is 1.83. The highest BCUT2D eigenvalue weighted by atomic mass is 35.5. The number of nitrogens with one attached hydrogen (secondary N) is 1. The molecule has 82 valence electrons. The van der Waals surface area contributed by atoms with Crippen LogP contribution in [0.1, 0.15) is 5.56 Å². The van der Waals surface area contributed by atoms with E-state index in [1.54, 1.807) is 17.3 Å². The lowest BCUT2D eigenvalue weighted by atomic mass is 10.2. The van der Waals surface area contributed by atoms with Crippen molar-refractivity contribution in [3.05, 3.63) is 53.6 Å². The molecule has 2 aromatic rings. The molecule has 2 rings (SSSR count). The van der Waals surface area contributed by atoms with E-state index in [0.29, 0.717) is 6.54 Å². The van der Waals surface area contributed by atoms with Gasteiger partial charge in [-0.3, -0.25) is 0 Å². The summed E-state index contributed by atoms with van der Waals surface area (Å²) in [6, 6.07) is 7.68. The van der Waals surface area contributed by atoms with E-state index in [4.69, 9.17) is 11.6 Å². The molecule has 1 heterocycles. The molecule has 0 spiro atoms. The average Bonchev–Trinajstić information content (AvgIpc) is 2.80. The van der Waals surface area contributed by atoms with Crippen LogP contribution in [0.15, 0.2) is 43.0 Å². The Morgan fingerprint density at radius 2 is 1.88 bits per heavy atom. The molecule has 4 nitrogen and oxygen atoms in total. The van der Waals surface area contributed by atoms with Crippen LogP contribution in [0, 0.1) is 0 Å². The third-order valence-corrected chi connectivity index (χ3v) is 2.24. The zero-order valence-corrected chi connectivity index (χ0v) is 9.30. The molecular weight excluding hydrogens is 224 g/mol. The van der Waals surface area contributed by atoms with E-state index in [2.05, 4.69) is 15.6 Å². The van der Waals surface area contributed by atoms with E-state index in [9.17, 15) is 0 Å². The van der Waals surface area contributed by atoms with E-state index in [0.717, 1.165) is 10.6 Å². The van der Waals surface area contributed by atoms with Crippen LogP contribution >= 0.6 is 11.6 Å². The van der Waals surface area contributed by atoms with Gasteiger partial charge in [-0.25, -0.2) is 4.68 Å². The molecule has 0 unspecified atom stereocenters. The molecule has 0 aliphatic rings. The predicted molar refractivity (Wildman–Crippen MR) is 64.7 cm³/mol. The summed E-state index contributed by atoms with van der Waals surface area (Å²) in [5.74, 6) is 0. The van der Waals surface area contributed by atoms with Crippen molar-refractivity contribution in [2.75, 3.05) is 12.0 Å². The normalized spacial score (nSPS) is 10.8. The highest BCUT2D eigenvalue weighted by Crippen LogP contribution is 2.10. The maximum absolute atomic E-state index is 5.79. The zero-order valence-electron chi connectivity index (χ0n) is 8.55. The van der Waals surface area contributed by atoms with Gasteiger partial charge in [0.2, 0.25) is 0 Å². The first-order valence-corrected chi connectivity index (χ1v) is 5.23. The van der Waals surface area contributed by atoms with Crippen molar-refractivity contribution in [1.82, 2.24) is 14.9 Å². The van der Waals surface area contributed by atoms with Gasteiger partial charge in [-0.15, -0.1) is 10.2 Å². The second kappa shape index (κ2) is 5.32. The number of rotatable bonds is 4. The molecule has 0 aliphatic carbocycles. The lowest BCUT2D eigenvalue weighted by Gasteiger charge is -2.00. The van der Waals surface area contributed by atoms with E-state index in [1.807, 2.05) is 36.4 Å². The molecule has 1 aromatic heterocycles. The number of aromatic nitrogens is 3. The lowest BCUT2D eigenvalue weighted by Crippen LogP contribution is -2.11. The topological polar surface area (TPSA) is 42.7 Å². The molecule has 0 bridgehead atoms. The summed E-state index contributed by atoms with van der Waals surface area (Å²) in [5, 5.41) is 8.11. The SMILES string of the molecule is Clc1ccc(/C=C/CNn2cnnc2)cc1. The summed E-state index contributed by atoms with van der Waals surface area (Å²) in [6.45, 7) is 0.709. The van der Waals surface area contributed by atoms with Crippen molar-refractivity contribution in [3.63, 3.8) is 0 Å². The fraction of sp³-hybridized carbons (Fsp3) is 0.0909. The number of benzene rings is 1. The van der Waals surface area contributed by atoms with Gasteiger partial charge < -0.3 is 5.43 Å². The van der Waals surface area contributed by atoms with Crippen molar-refractivity contribution >= 4 is 17.7 Å². The summed E-state index contributed by atoms with van der Waals surface area (Å²) < 4.78 is 1.70. The Bertz CT molecular complexity index is 447. The van der Waals surface area contributed by atoms with E-state index >= 15 is 0 Å². The second-order valence-electron chi connectivity index (χ2n) is 3.19. The number of hydrogen-bond acceptors (Lipinski definition) is 3. The van der Waals surface area contributed by atoms with E-state index in [1.165, 1.54) is 0 Å². The third kappa shape index (κ3) is 3.10. The molecule has 0 saturated carbocycles. The molecule has 1 N–H and O–H groups in total. The van der Waals surface area contributed by atoms with Crippen LogP contribution in [-0.4, -0.2) is 21.4 Å². The summed E-state index contributed by atoms with van der Waals surface area (Å²) in [4.78, 5) is 0. The first-order chi connectivity index (χ1) is 7.84. The highest BCUT2D eigenvalue weighted by Gasteiger charge is 1.88. The highest BCUT2D eigenvalue weighted by molar-refractivity contribution is 6.30. The van der Waals surface area contributed by atoms with Gasteiger partial charge in [0.25, 0.3) is 0 Å². The molecule has 16 heavy (non-hydrogen) atoms. The van der Waals surface area contributed by atoms with Crippen LogP contribution in [0.5, 0.6) is 0 Å². The molecule has 0 fully saturated rings. The average molecular weight is 235 g/mol. The van der Waals surface area contributed by atoms with Crippen LogP contribution in [-0.2, 0) is 0 Å². The minimum atomic E-state index is 0.709. The van der Waals surface area contributed by atoms with E-state index in [-0.39, 0.29) is 0 Å². The van der Waals surface area contributed by atoms with Crippen molar-refractivity contribution in [2.24, 2.45) is 0 Å². The smallest absolute Gasteiger partial charge is 0.138 e. The van der Waals surface area contributed by atoms with Crippen molar-refractivity contribution in [1.29, 1.82) is 0 Å². The van der Waals surface area contributed by atoms with Gasteiger partial charge in [0.15, 0.2) is 0 Å². The van der Waals surface area contributed by atoms with Crippen LogP contribution < -0.4 is 5.43 Å². The Kier molecular flexibility index (Phi) is 3.56. The first-order valence-electron chi connectivity index (χ1n) is 4.85. The lowest BCUT2D eigenvalue weighted by molar-refractivity contribution is 0.885. The Hall–Kier alpha value is -1.81. The van der Waals surface area contributed by atoms with Gasteiger partial charge >= 0.3 is 0 Å². The van der Waals surface area contributed by atoms with Crippen LogP contribution in [0.3, 0.4) is 0 Å². The first kappa shape index (κ1) is 10.7. The Morgan fingerprint density at radius 1 is 1.19 bits per heavy atom. The fourth-order valence-electron chi connectivity index (χ4n) is 1.21. The zero-order chi connectivity index (χ0) is 11.2. The molecule has 0 atom stereocenters. The van der Waals surface area contributed by atoms with Gasteiger partial charge in [0.1, 0.15) is 12.7 Å². The fourth-order valence-corrected chi connectivity index (χ4v) is 1.34. The molecule has 5 heteroatoms. The minimum Gasteiger partial charge on any atom is -0.320 e.